The summed E-state index contributed by atoms with van der Waals surface area (Å²) in [5.74, 6) is -0.210. The summed E-state index contributed by atoms with van der Waals surface area (Å²) in [6.45, 7) is 1.88. The quantitative estimate of drug-likeness (QED) is 0.582. The van der Waals surface area contributed by atoms with Crippen molar-refractivity contribution in [2.75, 3.05) is 0 Å². The summed E-state index contributed by atoms with van der Waals surface area (Å²) >= 11 is 0. The first-order valence-corrected chi connectivity index (χ1v) is 3.77. The molecule has 0 aliphatic rings. The lowest BCUT2D eigenvalue weighted by Gasteiger charge is -1.92. The van der Waals surface area contributed by atoms with E-state index in [4.69, 9.17) is 0 Å². The molecule has 0 saturated carbocycles. The Balaban J connectivity index is 2.90. The van der Waals surface area contributed by atoms with Gasteiger partial charge < -0.3 is 0 Å². The molecule has 2 rings (SSSR count). The summed E-state index contributed by atoms with van der Waals surface area (Å²) in [4.78, 5) is 0. The summed E-state index contributed by atoms with van der Waals surface area (Å²) in [5.41, 5.74) is 1.83. The van der Waals surface area contributed by atoms with Crippen LogP contribution in [0.25, 0.3) is 10.9 Å². The van der Waals surface area contributed by atoms with Crippen LogP contribution in [0.3, 0.4) is 0 Å². The van der Waals surface area contributed by atoms with Crippen molar-refractivity contribution in [2.45, 2.75) is 6.92 Å². The van der Waals surface area contributed by atoms with Crippen molar-refractivity contribution in [2.24, 2.45) is 7.05 Å². The van der Waals surface area contributed by atoms with Gasteiger partial charge in [0.1, 0.15) is 5.82 Å². The summed E-state index contributed by atoms with van der Waals surface area (Å²) < 4.78 is 14.5. The van der Waals surface area contributed by atoms with Gasteiger partial charge in [-0.2, -0.15) is 5.10 Å². The maximum atomic E-state index is 12.8. The number of nitrogens with zero attached hydrogens (tertiary/aromatic N) is 2. The fraction of sp³-hybridized carbons (Fsp3) is 0.222. The van der Waals surface area contributed by atoms with Crippen LogP contribution in [0, 0.1) is 12.7 Å². The second kappa shape index (κ2) is 2.30. The highest BCUT2D eigenvalue weighted by molar-refractivity contribution is 5.81. The van der Waals surface area contributed by atoms with E-state index < -0.39 is 0 Å². The highest BCUT2D eigenvalue weighted by Gasteiger charge is 2.04. The molecule has 1 heterocycles. The number of aryl methyl sites for hydroxylation is 2. The van der Waals surface area contributed by atoms with E-state index in [1.54, 1.807) is 10.7 Å². The third kappa shape index (κ3) is 0.897. The molecule has 3 heteroatoms. The molecular formula is C9H9FN2. The number of hydrogen-bond acceptors (Lipinski definition) is 1. The van der Waals surface area contributed by atoms with Crippen LogP contribution in [0.5, 0.6) is 0 Å². The summed E-state index contributed by atoms with van der Waals surface area (Å²) in [7, 11) is 1.85. The van der Waals surface area contributed by atoms with E-state index in [-0.39, 0.29) is 5.82 Å². The summed E-state index contributed by atoms with van der Waals surface area (Å²) in [6.07, 6.45) is 0. The van der Waals surface area contributed by atoms with Crippen molar-refractivity contribution < 1.29 is 4.39 Å². The Hall–Kier alpha value is -1.38. The van der Waals surface area contributed by atoms with Gasteiger partial charge in [0.2, 0.25) is 0 Å². The van der Waals surface area contributed by atoms with Gasteiger partial charge in [-0.3, -0.25) is 4.68 Å². The molecular weight excluding hydrogens is 155 g/mol. The van der Waals surface area contributed by atoms with Crippen LogP contribution >= 0.6 is 0 Å². The van der Waals surface area contributed by atoms with E-state index in [1.165, 1.54) is 12.1 Å². The lowest BCUT2D eigenvalue weighted by Crippen LogP contribution is -1.88. The molecule has 0 atom stereocenters. The van der Waals surface area contributed by atoms with E-state index in [9.17, 15) is 4.39 Å². The molecule has 0 unspecified atom stereocenters. The van der Waals surface area contributed by atoms with Crippen molar-refractivity contribution in [3.8, 4) is 0 Å². The Kier molecular flexibility index (Phi) is 1.40. The number of benzene rings is 1. The van der Waals surface area contributed by atoms with Crippen molar-refractivity contribution in [1.29, 1.82) is 0 Å². The Morgan fingerprint density at radius 2 is 2.17 bits per heavy atom. The summed E-state index contributed by atoms with van der Waals surface area (Å²) in [5, 5.41) is 5.07. The molecule has 0 N–H and O–H groups in total. The predicted molar refractivity (Wildman–Crippen MR) is 45.4 cm³/mol. The van der Waals surface area contributed by atoms with Crippen LogP contribution in [-0.2, 0) is 7.05 Å². The molecule has 0 spiro atoms. The zero-order chi connectivity index (χ0) is 8.72. The smallest absolute Gasteiger partial charge is 0.124 e. The van der Waals surface area contributed by atoms with Crippen LogP contribution in [0.4, 0.5) is 4.39 Å². The van der Waals surface area contributed by atoms with Gasteiger partial charge in [0.15, 0.2) is 0 Å². The van der Waals surface area contributed by atoms with Gasteiger partial charge in [0.25, 0.3) is 0 Å². The van der Waals surface area contributed by atoms with Gasteiger partial charge in [0.05, 0.1) is 11.2 Å². The molecule has 0 bridgehead atoms. The lowest BCUT2D eigenvalue weighted by molar-refractivity contribution is 0.629. The highest BCUT2D eigenvalue weighted by Crippen LogP contribution is 2.17. The summed E-state index contributed by atoms with van der Waals surface area (Å²) in [6, 6.07) is 4.70. The Morgan fingerprint density at radius 1 is 1.42 bits per heavy atom. The van der Waals surface area contributed by atoms with Crippen molar-refractivity contribution in [1.82, 2.24) is 9.78 Å². The largest absolute Gasteiger partial charge is 0.268 e. The minimum Gasteiger partial charge on any atom is -0.268 e. The average Bonchev–Trinajstić information content (AvgIpc) is 2.28. The topological polar surface area (TPSA) is 17.8 Å². The number of hydrogen-bond donors (Lipinski definition) is 0. The first-order valence-electron chi connectivity index (χ1n) is 3.77. The van der Waals surface area contributed by atoms with E-state index in [0.29, 0.717) is 0 Å². The maximum Gasteiger partial charge on any atom is 0.124 e. The highest BCUT2D eigenvalue weighted by atomic mass is 19.1. The van der Waals surface area contributed by atoms with Crippen molar-refractivity contribution in [3.05, 3.63) is 29.7 Å². The predicted octanol–water partition coefficient (Wildman–Crippen LogP) is 2.02. The standard InChI is InChI=1S/C9H9FN2/c1-6-8-5-7(10)3-4-9(8)12(2)11-6/h3-5H,1-2H3. The molecule has 0 radical (unpaired) electrons. The van der Waals surface area contributed by atoms with E-state index >= 15 is 0 Å². The normalized spacial score (nSPS) is 10.9. The third-order valence-electron chi connectivity index (χ3n) is 2.00. The van der Waals surface area contributed by atoms with Crippen LogP contribution in [0.1, 0.15) is 5.69 Å². The number of rotatable bonds is 0. The Morgan fingerprint density at radius 3 is 2.92 bits per heavy atom. The molecule has 0 aliphatic carbocycles. The van der Waals surface area contributed by atoms with Gasteiger partial charge in [-0.15, -0.1) is 0 Å². The molecule has 2 nitrogen and oxygen atoms in total. The van der Waals surface area contributed by atoms with Crippen molar-refractivity contribution >= 4 is 10.9 Å². The first-order chi connectivity index (χ1) is 5.68. The molecule has 0 amide bonds. The van der Waals surface area contributed by atoms with Crippen LogP contribution < -0.4 is 0 Å². The zero-order valence-corrected chi connectivity index (χ0v) is 7.00. The molecule has 12 heavy (non-hydrogen) atoms. The molecule has 2 aromatic rings. The van der Waals surface area contributed by atoms with Gasteiger partial charge >= 0.3 is 0 Å². The lowest BCUT2D eigenvalue weighted by atomic mass is 10.2. The molecule has 1 aromatic heterocycles. The molecule has 62 valence electrons. The van der Waals surface area contributed by atoms with Gasteiger partial charge in [-0.05, 0) is 25.1 Å². The van der Waals surface area contributed by atoms with Crippen LogP contribution in [0.15, 0.2) is 18.2 Å². The third-order valence-corrected chi connectivity index (χ3v) is 2.00. The average molecular weight is 164 g/mol. The Labute approximate surface area is 69.6 Å². The monoisotopic (exact) mass is 164 g/mol. The number of fused-ring (bicyclic) bond motifs is 1. The SMILES string of the molecule is Cc1nn(C)c2ccc(F)cc12. The molecule has 0 fully saturated rings. The number of aromatic nitrogens is 2. The second-order valence-corrected chi connectivity index (χ2v) is 2.87. The fourth-order valence-corrected chi connectivity index (χ4v) is 1.41. The molecule has 0 saturated heterocycles. The first kappa shape index (κ1) is 7.28. The van der Waals surface area contributed by atoms with Crippen LogP contribution in [0.2, 0.25) is 0 Å². The maximum absolute atomic E-state index is 12.8. The van der Waals surface area contributed by atoms with E-state index in [0.717, 1.165) is 16.6 Å². The van der Waals surface area contributed by atoms with Gasteiger partial charge in [-0.25, -0.2) is 4.39 Å². The van der Waals surface area contributed by atoms with Gasteiger partial charge in [-0.1, -0.05) is 0 Å². The minimum absolute atomic E-state index is 0.210. The minimum atomic E-state index is -0.210. The van der Waals surface area contributed by atoms with E-state index in [1.807, 2.05) is 14.0 Å². The zero-order valence-electron chi connectivity index (χ0n) is 7.00. The molecule has 1 aromatic carbocycles. The second-order valence-electron chi connectivity index (χ2n) is 2.87. The van der Waals surface area contributed by atoms with Gasteiger partial charge in [0, 0.05) is 12.4 Å². The Bertz CT molecular complexity index is 431. The number of halogens is 1. The molecule has 0 aliphatic heterocycles. The van der Waals surface area contributed by atoms with Crippen molar-refractivity contribution in [3.63, 3.8) is 0 Å². The fourth-order valence-electron chi connectivity index (χ4n) is 1.41. The van der Waals surface area contributed by atoms with Crippen LogP contribution in [-0.4, -0.2) is 9.78 Å². The van der Waals surface area contributed by atoms with E-state index in [2.05, 4.69) is 5.10 Å².